The maximum Gasteiger partial charge on any atom is 0.237 e. The molecule has 0 aliphatic heterocycles. The molecule has 0 spiro atoms. The number of nitrogens with one attached hydrogen (secondary N) is 1. The Bertz CT molecular complexity index is 992. The fourth-order valence-electron chi connectivity index (χ4n) is 2.48. The van der Waals surface area contributed by atoms with Crippen molar-refractivity contribution in [2.24, 2.45) is 0 Å². The number of hydrogen-bond donors (Lipinski definition) is 1. The van der Waals surface area contributed by atoms with E-state index < -0.39 is 5.25 Å². The second kappa shape index (κ2) is 8.29. The van der Waals surface area contributed by atoms with E-state index in [1.165, 1.54) is 11.8 Å². The van der Waals surface area contributed by atoms with Crippen molar-refractivity contribution < 1.29 is 4.79 Å². The van der Waals surface area contributed by atoms with Crippen molar-refractivity contribution in [3.8, 4) is 5.69 Å². The third-order valence-electron chi connectivity index (χ3n) is 3.86. The van der Waals surface area contributed by atoms with Crippen molar-refractivity contribution in [3.05, 3.63) is 57.6 Å². The molecule has 1 N–H and O–H groups in total. The predicted octanol–water partition coefficient (Wildman–Crippen LogP) is 4.71. The van der Waals surface area contributed by atoms with Gasteiger partial charge < -0.3 is 5.32 Å². The Kier molecular flexibility index (Phi) is 6.04. The van der Waals surface area contributed by atoms with Gasteiger partial charge in [0.25, 0.3) is 0 Å². The molecule has 1 atom stereocenters. The van der Waals surface area contributed by atoms with Gasteiger partial charge in [-0.1, -0.05) is 52.7 Å². The third kappa shape index (κ3) is 4.61. The van der Waals surface area contributed by atoms with Crippen LogP contribution < -0.4 is 5.32 Å². The first-order valence-corrected chi connectivity index (χ1v) is 9.77. The Morgan fingerprint density at radius 2 is 1.96 bits per heavy atom. The highest BCUT2D eigenvalue weighted by Crippen LogP contribution is 2.28. The summed E-state index contributed by atoms with van der Waals surface area (Å²) in [6.07, 6.45) is 0. The van der Waals surface area contributed by atoms with Crippen LogP contribution in [0, 0.1) is 13.8 Å². The molecule has 0 aliphatic carbocycles. The number of amides is 1. The zero-order valence-corrected chi connectivity index (χ0v) is 17.2. The summed E-state index contributed by atoms with van der Waals surface area (Å²) in [5.41, 5.74) is 3.59. The van der Waals surface area contributed by atoms with Crippen molar-refractivity contribution in [2.45, 2.75) is 31.2 Å². The number of carbonyl (C=O) groups is 1. The molecule has 1 unspecified atom stereocenters. The smallest absolute Gasteiger partial charge is 0.237 e. The molecular weight excluding hydrogens is 405 g/mol. The Hall–Kier alpha value is -2.09. The first-order valence-electron chi connectivity index (χ1n) is 8.13. The molecule has 2 aromatic carbocycles. The number of tetrazole rings is 1. The molecule has 0 aliphatic rings. The van der Waals surface area contributed by atoms with Crippen molar-refractivity contribution in [1.29, 1.82) is 0 Å². The lowest BCUT2D eigenvalue weighted by molar-refractivity contribution is -0.115. The second-order valence-corrected chi connectivity index (χ2v) is 8.19. The van der Waals surface area contributed by atoms with Crippen LogP contribution in [0.2, 0.25) is 10.0 Å². The largest absolute Gasteiger partial charge is 0.324 e. The van der Waals surface area contributed by atoms with E-state index in [2.05, 4.69) is 26.9 Å². The van der Waals surface area contributed by atoms with E-state index in [1.54, 1.807) is 29.8 Å². The second-order valence-electron chi connectivity index (χ2n) is 6.04. The Morgan fingerprint density at radius 3 is 2.67 bits per heavy atom. The van der Waals surface area contributed by atoms with E-state index in [0.717, 1.165) is 16.8 Å². The van der Waals surface area contributed by atoms with Crippen LogP contribution in [-0.4, -0.2) is 31.4 Å². The summed E-state index contributed by atoms with van der Waals surface area (Å²) in [4.78, 5) is 12.5. The lowest BCUT2D eigenvalue weighted by Gasteiger charge is -2.13. The van der Waals surface area contributed by atoms with Crippen LogP contribution in [0.15, 0.2) is 41.6 Å². The summed E-state index contributed by atoms with van der Waals surface area (Å²) in [6.45, 7) is 5.81. The van der Waals surface area contributed by atoms with Gasteiger partial charge in [-0.15, -0.1) is 5.10 Å². The number of aromatic nitrogens is 4. The lowest BCUT2D eigenvalue weighted by atomic mass is 10.1. The average molecular weight is 422 g/mol. The summed E-state index contributed by atoms with van der Waals surface area (Å²) >= 11 is 13.3. The molecule has 1 heterocycles. The van der Waals surface area contributed by atoms with Gasteiger partial charge in [-0.2, -0.15) is 4.68 Å². The van der Waals surface area contributed by atoms with Gasteiger partial charge in [0.2, 0.25) is 11.1 Å². The first-order chi connectivity index (χ1) is 12.8. The number of rotatable bonds is 5. The Labute approximate surface area is 171 Å². The molecule has 1 aromatic heterocycles. The number of hydrogen-bond acceptors (Lipinski definition) is 5. The molecule has 0 bridgehead atoms. The van der Waals surface area contributed by atoms with E-state index in [9.17, 15) is 4.79 Å². The standard InChI is InChI=1S/C18H17Cl2N5OS/c1-10-4-7-16(11(2)8-10)25-18(22-23-24-25)27-12(3)17(26)21-15-6-5-13(19)9-14(15)20/h4-9,12H,1-3H3,(H,21,26). The molecule has 9 heteroatoms. The van der Waals surface area contributed by atoms with Gasteiger partial charge in [0.05, 0.1) is 21.6 Å². The normalized spacial score (nSPS) is 12.0. The van der Waals surface area contributed by atoms with Crippen molar-refractivity contribution in [2.75, 3.05) is 5.32 Å². The number of aryl methyl sites for hydroxylation is 2. The predicted molar refractivity (Wildman–Crippen MR) is 109 cm³/mol. The molecule has 3 rings (SSSR count). The fraction of sp³-hybridized carbons (Fsp3) is 0.222. The van der Waals surface area contributed by atoms with Crippen LogP contribution in [-0.2, 0) is 4.79 Å². The maximum absolute atomic E-state index is 12.5. The number of anilines is 1. The molecule has 0 saturated heterocycles. The summed E-state index contributed by atoms with van der Waals surface area (Å²) in [6, 6.07) is 10.9. The molecule has 0 fully saturated rings. The Balaban J connectivity index is 1.76. The van der Waals surface area contributed by atoms with Gasteiger partial charge in [0.1, 0.15) is 0 Å². The van der Waals surface area contributed by atoms with E-state index in [4.69, 9.17) is 23.2 Å². The molecule has 6 nitrogen and oxygen atoms in total. The minimum Gasteiger partial charge on any atom is -0.324 e. The number of halogens is 2. The molecule has 27 heavy (non-hydrogen) atoms. The van der Waals surface area contributed by atoms with Gasteiger partial charge >= 0.3 is 0 Å². The van der Waals surface area contributed by atoms with Crippen molar-refractivity contribution in [1.82, 2.24) is 20.2 Å². The average Bonchev–Trinajstić information content (AvgIpc) is 3.05. The molecule has 140 valence electrons. The van der Waals surface area contributed by atoms with Crippen molar-refractivity contribution >= 4 is 46.6 Å². The van der Waals surface area contributed by atoms with Crippen LogP contribution in [0.5, 0.6) is 0 Å². The van der Waals surface area contributed by atoms with Crippen LogP contribution in [0.25, 0.3) is 5.69 Å². The minimum absolute atomic E-state index is 0.209. The third-order valence-corrected chi connectivity index (χ3v) is 5.44. The van der Waals surface area contributed by atoms with Gasteiger partial charge in [-0.25, -0.2) is 0 Å². The molecule has 3 aromatic rings. The lowest BCUT2D eigenvalue weighted by Crippen LogP contribution is -2.23. The number of benzene rings is 2. The Morgan fingerprint density at radius 1 is 1.19 bits per heavy atom. The van der Waals surface area contributed by atoms with Crippen LogP contribution in [0.4, 0.5) is 5.69 Å². The van der Waals surface area contributed by atoms with Crippen LogP contribution in [0.1, 0.15) is 18.1 Å². The zero-order chi connectivity index (χ0) is 19.6. The van der Waals surface area contributed by atoms with E-state index in [1.807, 2.05) is 26.0 Å². The topological polar surface area (TPSA) is 72.7 Å². The summed E-state index contributed by atoms with van der Waals surface area (Å²) in [5, 5.41) is 15.7. The summed E-state index contributed by atoms with van der Waals surface area (Å²) in [7, 11) is 0. The maximum atomic E-state index is 12.5. The summed E-state index contributed by atoms with van der Waals surface area (Å²) < 4.78 is 1.64. The highest BCUT2D eigenvalue weighted by molar-refractivity contribution is 8.00. The number of carbonyl (C=O) groups excluding carboxylic acids is 1. The summed E-state index contributed by atoms with van der Waals surface area (Å²) in [5.74, 6) is -0.209. The van der Waals surface area contributed by atoms with Crippen LogP contribution in [0.3, 0.4) is 0 Å². The number of thioether (sulfide) groups is 1. The highest BCUT2D eigenvalue weighted by Gasteiger charge is 2.20. The number of nitrogens with zero attached hydrogens (tertiary/aromatic N) is 4. The zero-order valence-electron chi connectivity index (χ0n) is 14.9. The first kappa shape index (κ1) is 19.7. The molecular formula is C18H17Cl2N5OS. The van der Waals surface area contributed by atoms with E-state index in [0.29, 0.717) is 20.9 Å². The molecule has 0 radical (unpaired) electrons. The van der Waals surface area contributed by atoms with Gasteiger partial charge in [-0.3, -0.25) is 4.79 Å². The fourth-order valence-corrected chi connectivity index (χ4v) is 3.74. The van der Waals surface area contributed by atoms with Gasteiger partial charge in [0.15, 0.2) is 0 Å². The SMILES string of the molecule is Cc1ccc(-n2nnnc2SC(C)C(=O)Nc2ccc(Cl)cc2Cl)c(C)c1. The molecule has 0 saturated carbocycles. The van der Waals surface area contributed by atoms with Crippen LogP contribution >= 0.6 is 35.0 Å². The highest BCUT2D eigenvalue weighted by atomic mass is 35.5. The monoisotopic (exact) mass is 421 g/mol. The van der Waals surface area contributed by atoms with Gasteiger partial charge in [-0.05, 0) is 61.0 Å². The van der Waals surface area contributed by atoms with Gasteiger partial charge in [0, 0.05) is 5.02 Å². The van der Waals surface area contributed by atoms with Crippen molar-refractivity contribution in [3.63, 3.8) is 0 Å². The quantitative estimate of drug-likeness (QED) is 0.604. The molecule has 1 amide bonds. The van der Waals surface area contributed by atoms with E-state index >= 15 is 0 Å². The van der Waals surface area contributed by atoms with E-state index in [-0.39, 0.29) is 5.91 Å². The minimum atomic E-state index is -0.438.